The largest absolute Gasteiger partial charge is 0.383 e. The zero-order valence-electron chi connectivity index (χ0n) is 16.1. The normalized spacial score (nSPS) is 11.3. The summed E-state index contributed by atoms with van der Waals surface area (Å²) >= 11 is 0. The predicted molar refractivity (Wildman–Crippen MR) is 105 cm³/mol. The second kappa shape index (κ2) is 8.39. The SMILES string of the molecule is Cc1ccc(C(=O)N(Cc2cccc(OS(C)(=O)=O)c2)C(C)C)cc1[N+](=O)[O-]. The molecule has 0 aliphatic carbocycles. The van der Waals surface area contributed by atoms with Crippen LogP contribution in [0.4, 0.5) is 5.69 Å². The summed E-state index contributed by atoms with van der Waals surface area (Å²) in [5.41, 5.74) is 1.25. The monoisotopic (exact) mass is 406 g/mol. The van der Waals surface area contributed by atoms with Crippen molar-refractivity contribution in [3.63, 3.8) is 0 Å². The zero-order valence-corrected chi connectivity index (χ0v) is 16.9. The summed E-state index contributed by atoms with van der Waals surface area (Å²) in [6.45, 7) is 5.47. The molecular weight excluding hydrogens is 384 g/mol. The van der Waals surface area contributed by atoms with Gasteiger partial charge in [-0.05, 0) is 44.5 Å². The topological polar surface area (TPSA) is 107 Å². The molecule has 8 nitrogen and oxygen atoms in total. The molecule has 0 atom stereocenters. The van der Waals surface area contributed by atoms with Crippen LogP contribution in [0, 0.1) is 17.0 Å². The van der Waals surface area contributed by atoms with Crippen LogP contribution >= 0.6 is 0 Å². The molecule has 0 saturated carbocycles. The van der Waals surface area contributed by atoms with Gasteiger partial charge in [0.2, 0.25) is 0 Å². The summed E-state index contributed by atoms with van der Waals surface area (Å²) in [6.07, 6.45) is 0.952. The van der Waals surface area contributed by atoms with E-state index in [-0.39, 0.29) is 35.5 Å². The number of nitro groups is 1. The molecule has 0 fully saturated rings. The minimum absolute atomic E-state index is 0.113. The van der Waals surface area contributed by atoms with Gasteiger partial charge in [0.15, 0.2) is 0 Å². The van der Waals surface area contributed by atoms with E-state index >= 15 is 0 Å². The Kier molecular flexibility index (Phi) is 6.40. The van der Waals surface area contributed by atoms with Gasteiger partial charge >= 0.3 is 10.1 Å². The molecular formula is C19H22N2O6S. The fourth-order valence-electron chi connectivity index (χ4n) is 2.66. The van der Waals surface area contributed by atoms with Crippen molar-refractivity contribution in [3.8, 4) is 5.75 Å². The molecule has 9 heteroatoms. The first kappa shape index (κ1) is 21.4. The summed E-state index contributed by atoms with van der Waals surface area (Å²) < 4.78 is 27.5. The lowest BCUT2D eigenvalue weighted by Gasteiger charge is -2.27. The van der Waals surface area contributed by atoms with Crippen molar-refractivity contribution in [2.24, 2.45) is 0 Å². The van der Waals surface area contributed by atoms with E-state index in [0.717, 1.165) is 6.26 Å². The van der Waals surface area contributed by atoms with E-state index in [2.05, 4.69) is 0 Å². The van der Waals surface area contributed by atoms with Crippen LogP contribution < -0.4 is 4.18 Å². The fourth-order valence-corrected chi connectivity index (χ4v) is 3.11. The van der Waals surface area contributed by atoms with E-state index in [4.69, 9.17) is 4.18 Å². The first-order valence-electron chi connectivity index (χ1n) is 8.52. The molecule has 0 spiro atoms. The lowest BCUT2D eigenvalue weighted by Crippen LogP contribution is -2.36. The maximum atomic E-state index is 13.0. The molecule has 0 radical (unpaired) electrons. The van der Waals surface area contributed by atoms with Crippen molar-refractivity contribution in [1.82, 2.24) is 4.90 Å². The maximum absolute atomic E-state index is 13.0. The van der Waals surface area contributed by atoms with Gasteiger partial charge in [-0.25, -0.2) is 0 Å². The van der Waals surface area contributed by atoms with Crippen LogP contribution in [-0.4, -0.2) is 36.4 Å². The minimum Gasteiger partial charge on any atom is -0.383 e. The molecule has 0 saturated heterocycles. The molecule has 0 heterocycles. The van der Waals surface area contributed by atoms with Gasteiger partial charge in [-0.1, -0.05) is 18.2 Å². The molecule has 0 bridgehead atoms. The number of nitrogens with zero attached hydrogens (tertiary/aromatic N) is 2. The van der Waals surface area contributed by atoms with Gasteiger partial charge < -0.3 is 9.08 Å². The van der Waals surface area contributed by atoms with Gasteiger partial charge in [0.25, 0.3) is 11.6 Å². The van der Waals surface area contributed by atoms with Crippen molar-refractivity contribution in [2.45, 2.75) is 33.4 Å². The van der Waals surface area contributed by atoms with Gasteiger partial charge in [-0.3, -0.25) is 14.9 Å². The van der Waals surface area contributed by atoms with Crippen molar-refractivity contribution in [1.29, 1.82) is 0 Å². The van der Waals surface area contributed by atoms with Crippen LogP contribution in [0.3, 0.4) is 0 Å². The number of hydrogen-bond acceptors (Lipinski definition) is 6. The van der Waals surface area contributed by atoms with Crippen molar-refractivity contribution in [3.05, 3.63) is 69.3 Å². The third-order valence-electron chi connectivity index (χ3n) is 4.04. The Morgan fingerprint density at radius 1 is 1.21 bits per heavy atom. The van der Waals surface area contributed by atoms with Crippen molar-refractivity contribution in [2.75, 3.05) is 6.26 Å². The number of amides is 1. The summed E-state index contributed by atoms with van der Waals surface area (Å²) in [5.74, 6) is -0.199. The van der Waals surface area contributed by atoms with Crippen LogP contribution in [0.15, 0.2) is 42.5 Å². The number of benzene rings is 2. The second-order valence-corrected chi connectivity index (χ2v) is 8.29. The van der Waals surface area contributed by atoms with Crippen LogP contribution in [0.2, 0.25) is 0 Å². The molecule has 0 aliphatic heterocycles. The number of nitro benzene ring substituents is 1. The Morgan fingerprint density at radius 2 is 1.89 bits per heavy atom. The van der Waals surface area contributed by atoms with Gasteiger partial charge in [-0.15, -0.1) is 0 Å². The second-order valence-electron chi connectivity index (χ2n) is 6.72. The molecule has 0 N–H and O–H groups in total. The average Bonchev–Trinajstić information content (AvgIpc) is 2.58. The Balaban J connectivity index is 2.31. The minimum atomic E-state index is -3.66. The Hall–Kier alpha value is -2.94. The highest BCUT2D eigenvalue weighted by molar-refractivity contribution is 7.86. The van der Waals surface area contributed by atoms with E-state index in [9.17, 15) is 23.3 Å². The molecule has 2 aromatic rings. The van der Waals surface area contributed by atoms with Crippen LogP contribution in [-0.2, 0) is 16.7 Å². The Labute approximate surface area is 164 Å². The lowest BCUT2D eigenvalue weighted by molar-refractivity contribution is -0.385. The molecule has 0 aliphatic rings. The van der Waals surface area contributed by atoms with Gasteiger partial charge in [0.05, 0.1) is 11.2 Å². The average molecular weight is 406 g/mol. The standard InChI is InChI=1S/C19H22N2O6S/c1-13(2)20(12-15-6-5-7-17(10-15)27-28(4,25)26)19(22)16-9-8-14(3)18(11-16)21(23)24/h5-11,13H,12H2,1-4H3. The van der Waals surface area contributed by atoms with E-state index in [1.54, 1.807) is 42.2 Å². The van der Waals surface area contributed by atoms with Crippen LogP contribution in [0.25, 0.3) is 0 Å². The Bertz CT molecular complexity index is 1000. The third kappa shape index (κ3) is 5.53. The fraction of sp³-hybridized carbons (Fsp3) is 0.316. The Morgan fingerprint density at radius 3 is 2.46 bits per heavy atom. The van der Waals surface area contributed by atoms with E-state index < -0.39 is 15.0 Å². The highest BCUT2D eigenvalue weighted by Crippen LogP contribution is 2.23. The zero-order chi connectivity index (χ0) is 21.1. The molecule has 0 unspecified atom stereocenters. The van der Waals surface area contributed by atoms with E-state index in [1.807, 2.05) is 13.8 Å². The molecule has 28 heavy (non-hydrogen) atoms. The summed E-state index contributed by atoms with van der Waals surface area (Å²) in [7, 11) is -3.66. The molecule has 2 aromatic carbocycles. The molecule has 1 amide bonds. The van der Waals surface area contributed by atoms with Crippen molar-refractivity contribution >= 4 is 21.7 Å². The molecule has 150 valence electrons. The quantitative estimate of drug-likeness (QED) is 0.397. The first-order chi connectivity index (χ1) is 13.0. The maximum Gasteiger partial charge on any atom is 0.306 e. The van der Waals surface area contributed by atoms with Gasteiger partial charge in [-0.2, -0.15) is 8.42 Å². The number of carbonyl (C=O) groups is 1. The number of hydrogen-bond donors (Lipinski definition) is 0. The van der Waals surface area contributed by atoms with Crippen LogP contribution in [0.5, 0.6) is 5.75 Å². The number of rotatable bonds is 7. The number of aryl methyl sites for hydroxylation is 1. The lowest BCUT2D eigenvalue weighted by atomic mass is 10.1. The number of carbonyl (C=O) groups excluding carboxylic acids is 1. The van der Waals surface area contributed by atoms with E-state index in [0.29, 0.717) is 11.1 Å². The summed E-state index contributed by atoms with van der Waals surface area (Å²) in [4.78, 5) is 25.2. The third-order valence-corrected chi connectivity index (χ3v) is 4.53. The summed E-state index contributed by atoms with van der Waals surface area (Å²) in [6, 6.07) is 10.6. The molecule has 2 rings (SSSR count). The van der Waals surface area contributed by atoms with Gasteiger partial charge in [0.1, 0.15) is 5.75 Å². The highest BCUT2D eigenvalue weighted by atomic mass is 32.2. The highest BCUT2D eigenvalue weighted by Gasteiger charge is 2.22. The predicted octanol–water partition coefficient (Wildman–Crippen LogP) is 3.29. The van der Waals surface area contributed by atoms with Crippen LogP contribution in [0.1, 0.15) is 35.3 Å². The van der Waals surface area contributed by atoms with Gasteiger partial charge in [0, 0.05) is 29.8 Å². The van der Waals surface area contributed by atoms with E-state index in [1.165, 1.54) is 12.1 Å². The summed E-state index contributed by atoms with van der Waals surface area (Å²) in [5, 5.41) is 11.2. The molecule has 0 aromatic heterocycles. The smallest absolute Gasteiger partial charge is 0.306 e. The van der Waals surface area contributed by atoms with Crippen molar-refractivity contribution < 1.29 is 22.3 Å². The first-order valence-corrected chi connectivity index (χ1v) is 10.3.